The van der Waals surface area contributed by atoms with Crippen LogP contribution in [0.5, 0.6) is 5.75 Å². The van der Waals surface area contributed by atoms with Gasteiger partial charge in [-0.2, -0.15) is 0 Å². The van der Waals surface area contributed by atoms with Crippen LogP contribution in [0.15, 0.2) is 48.5 Å². The van der Waals surface area contributed by atoms with Gasteiger partial charge in [-0.3, -0.25) is 0 Å². The molecule has 0 amide bonds. The zero-order valence-corrected chi connectivity index (χ0v) is 14.2. The Balaban J connectivity index is 1.76. The third-order valence-electron chi connectivity index (χ3n) is 3.18. The second-order valence-electron chi connectivity index (χ2n) is 4.82. The molecular weight excluding hydrogens is 377 g/mol. The van der Waals surface area contributed by atoms with Gasteiger partial charge in [0.1, 0.15) is 18.5 Å². The lowest BCUT2D eigenvalue weighted by Gasteiger charge is -2.15. The van der Waals surface area contributed by atoms with Crippen LogP contribution in [0.1, 0.15) is 12.5 Å². The Kier molecular flexibility index (Phi) is 6.32. The highest BCUT2D eigenvalue weighted by molar-refractivity contribution is 14.1. The topological polar surface area (TPSA) is 41.5 Å². The highest BCUT2D eigenvalue weighted by Crippen LogP contribution is 2.17. The van der Waals surface area contributed by atoms with Gasteiger partial charge >= 0.3 is 0 Å². The summed E-state index contributed by atoms with van der Waals surface area (Å²) in [5, 5.41) is 13.2. The van der Waals surface area contributed by atoms with Crippen LogP contribution >= 0.6 is 22.6 Å². The Morgan fingerprint density at radius 3 is 2.52 bits per heavy atom. The zero-order valence-electron chi connectivity index (χ0n) is 12.1. The van der Waals surface area contributed by atoms with E-state index in [9.17, 15) is 5.11 Å². The second kappa shape index (κ2) is 8.24. The van der Waals surface area contributed by atoms with E-state index in [1.54, 1.807) is 0 Å². The van der Waals surface area contributed by atoms with E-state index in [0.29, 0.717) is 6.54 Å². The van der Waals surface area contributed by atoms with Gasteiger partial charge in [0.05, 0.1) is 0 Å². The summed E-state index contributed by atoms with van der Waals surface area (Å²) in [6, 6.07) is 16.0. The number of ether oxygens (including phenoxy) is 1. The number of hydrogen-bond acceptors (Lipinski definition) is 3. The molecule has 2 N–H and O–H groups in total. The summed E-state index contributed by atoms with van der Waals surface area (Å²) in [5.41, 5.74) is 2.31. The molecule has 2 rings (SSSR count). The van der Waals surface area contributed by atoms with Crippen molar-refractivity contribution in [3.05, 3.63) is 57.7 Å². The van der Waals surface area contributed by atoms with Crippen LogP contribution in [0.3, 0.4) is 0 Å². The molecule has 0 aliphatic heterocycles. The normalized spacial score (nSPS) is 12.0. The molecule has 1 unspecified atom stereocenters. The van der Waals surface area contributed by atoms with Gasteiger partial charge < -0.3 is 15.2 Å². The summed E-state index contributed by atoms with van der Waals surface area (Å²) in [4.78, 5) is 0. The van der Waals surface area contributed by atoms with Crippen molar-refractivity contribution >= 4 is 28.3 Å². The van der Waals surface area contributed by atoms with E-state index in [1.165, 1.54) is 5.56 Å². The lowest BCUT2D eigenvalue weighted by Crippen LogP contribution is -2.26. The maximum absolute atomic E-state index is 9.97. The van der Waals surface area contributed by atoms with Gasteiger partial charge in [-0.05, 0) is 58.8 Å². The van der Waals surface area contributed by atoms with Crippen LogP contribution < -0.4 is 10.1 Å². The molecule has 0 radical (unpaired) electrons. The summed E-state index contributed by atoms with van der Waals surface area (Å²) in [6.07, 6.45) is 0.467. The Morgan fingerprint density at radius 1 is 1.14 bits per heavy atom. The SMILES string of the molecule is CCc1ccc(OCC(O)CNc2ccccc2I)cc1. The first-order valence-electron chi connectivity index (χ1n) is 7.07. The Labute approximate surface area is 139 Å². The third kappa shape index (κ3) is 5.21. The zero-order chi connectivity index (χ0) is 15.1. The minimum Gasteiger partial charge on any atom is -0.491 e. The van der Waals surface area contributed by atoms with Gasteiger partial charge in [-0.15, -0.1) is 0 Å². The molecule has 0 aliphatic carbocycles. The Hall–Kier alpha value is -1.27. The average Bonchev–Trinajstić information content (AvgIpc) is 2.52. The van der Waals surface area contributed by atoms with Crippen LogP contribution in [0.25, 0.3) is 0 Å². The van der Waals surface area contributed by atoms with Gasteiger partial charge in [-0.25, -0.2) is 0 Å². The van der Waals surface area contributed by atoms with E-state index in [0.717, 1.165) is 21.4 Å². The van der Waals surface area contributed by atoms with E-state index in [2.05, 4.69) is 34.8 Å². The molecule has 0 aromatic heterocycles. The molecule has 4 heteroatoms. The van der Waals surface area contributed by atoms with Gasteiger partial charge in [0, 0.05) is 15.8 Å². The number of para-hydroxylation sites is 1. The lowest BCUT2D eigenvalue weighted by atomic mass is 10.2. The van der Waals surface area contributed by atoms with Crippen molar-refractivity contribution in [2.75, 3.05) is 18.5 Å². The maximum atomic E-state index is 9.97. The largest absolute Gasteiger partial charge is 0.491 e. The quantitative estimate of drug-likeness (QED) is 0.701. The first kappa shape index (κ1) is 16.1. The number of benzene rings is 2. The molecule has 21 heavy (non-hydrogen) atoms. The standard InChI is InChI=1S/C17H20INO2/c1-2-13-7-9-15(10-8-13)21-12-14(20)11-19-17-6-4-3-5-16(17)18/h3-10,14,19-20H,2,11-12H2,1H3. The van der Waals surface area contributed by atoms with Crippen molar-refractivity contribution in [2.45, 2.75) is 19.4 Å². The average molecular weight is 397 g/mol. The van der Waals surface area contributed by atoms with Crippen molar-refractivity contribution in [1.29, 1.82) is 0 Å². The predicted molar refractivity (Wildman–Crippen MR) is 95.0 cm³/mol. The maximum Gasteiger partial charge on any atom is 0.119 e. The van der Waals surface area contributed by atoms with E-state index >= 15 is 0 Å². The van der Waals surface area contributed by atoms with Gasteiger partial charge in [0.15, 0.2) is 0 Å². The summed E-state index contributed by atoms with van der Waals surface area (Å²) >= 11 is 2.27. The number of aryl methyl sites for hydroxylation is 1. The smallest absolute Gasteiger partial charge is 0.119 e. The number of aliphatic hydroxyl groups is 1. The van der Waals surface area contributed by atoms with Crippen molar-refractivity contribution < 1.29 is 9.84 Å². The van der Waals surface area contributed by atoms with Crippen molar-refractivity contribution in [3.8, 4) is 5.75 Å². The molecule has 1 atom stereocenters. The van der Waals surface area contributed by atoms with E-state index < -0.39 is 6.10 Å². The fraction of sp³-hybridized carbons (Fsp3) is 0.294. The van der Waals surface area contributed by atoms with Gasteiger partial charge in [0.25, 0.3) is 0 Å². The Morgan fingerprint density at radius 2 is 1.86 bits per heavy atom. The highest BCUT2D eigenvalue weighted by atomic mass is 127. The summed E-state index contributed by atoms with van der Waals surface area (Å²) < 4.78 is 6.73. The van der Waals surface area contributed by atoms with Gasteiger partial charge in [0.2, 0.25) is 0 Å². The molecule has 3 nitrogen and oxygen atoms in total. The second-order valence-corrected chi connectivity index (χ2v) is 5.99. The van der Waals surface area contributed by atoms with Gasteiger partial charge in [-0.1, -0.05) is 31.2 Å². The van der Waals surface area contributed by atoms with Crippen LogP contribution in [0.2, 0.25) is 0 Å². The molecule has 0 saturated heterocycles. The molecule has 0 heterocycles. The van der Waals surface area contributed by atoms with Crippen LogP contribution in [-0.4, -0.2) is 24.4 Å². The fourth-order valence-electron chi connectivity index (χ4n) is 1.91. The third-order valence-corrected chi connectivity index (χ3v) is 4.12. The number of nitrogens with one attached hydrogen (secondary N) is 1. The minimum absolute atomic E-state index is 0.280. The molecule has 0 saturated carbocycles. The predicted octanol–water partition coefficient (Wildman–Crippen LogP) is 3.71. The van der Waals surface area contributed by atoms with E-state index in [1.807, 2.05) is 48.5 Å². The number of hydrogen-bond donors (Lipinski definition) is 2. The monoisotopic (exact) mass is 397 g/mol. The molecule has 0 fully saturated rings. The highest BCUT2D eigenvalue weighted by Gasteiger charge is 2.06. The van der Waals surface area contributed by atoms with Crippen LogP contribution in [0, 0.1) is 3.57 Å². The van der Waals surface area contributed by atoms with E-state index in [-0.39, 0.29) is 6.61 Å². The molecular formula is C17H20INO2. The molecule has 0 spiro atoms. The van der Waals surface area contributed by atoms with Crippen LogP contribution in [0.4, 0.5) is 5.69 Å². The summed E-state index contributed by atoms with van der Waals surface area (Å²) in [5.74, 6) is 0.792. The first-order chi connectivity index (χ1) is 10.2. The van der Waals surface area contributed by atoms with Crippen LogP contribution in [-0.2, 0) is 6.42 Å². The summed E-state index contributed by atoms with van der Waals surface area (Å²) in [7, 11) is 0. The summed E-state index contributed by atoms with van der Waals surface area (Å²) in [6.45, 7) is 2.87. The van der Waals surface area contributed by atoms with Crippen molar-refractivity contribution in [2.24, 2.45) is 0 Å². The molecule has 0 bridgehead atoms. The molecule has 0 aliphatic rings. The lowest BCUT2D eigenvalue weighted by molar-refractivity contribution is 0.117. The number of aliphatic hydroxyl groups excluding tert-OH is 1. The first-order valence-corrected chi connectivity index (χ1v) is 8.15. The molecule has 112 valence electrons. The minimum atomic E-state index is -0.549. The Bertz CT molecular complexity index is 557. The number of anilines is 1. The molecule has 2 aromatic carbocycles. The molecule has 2 aromatic rings. The fourth-order valence-corrected chi connectivity index (χ4v) is 2.48. The van der Waals surface area contributed by atoms with Crippen molar-refractivity contribution in [3.63, 3.8) is 0 Å². The number of rotatable bonds is 7. The van der Waals surface area contributed by atoms with Crippen molar-refractivity contribution in [1.82, 2.24) is 0 Å². The number of halogens is 1. The van der Waals surface area contributed by atoms with E-state index in [4.69, 9.17) is 4.74 Å².